The number of carbonyl (C=O) groups is 2. The molecule has 96 valence electrons. The lowest BCUT2D eigenvalue weighted by Gasteiger charge is -2.12. The van der Waals surface area contributed by atoms with Crippen molar-refractivity contribution < 1.29 is 14.7 Å². The number of nitrogens with one attached hydrogen (secondary N) is 1. The first-order valence-electron chi connectivity index (χ1n) is 5.73. The third-order valence-corrected chi connectivity index (χ3v) is 3.82. The minimum atomic E-state index is -0.842. The highest BCUT2D eigenvalue weighted by Crippen LogP contribution is 2.45. The van der Waals surface area contributed by atoms with E-state index in [1.165, 1.54) is 0 Å². The molecule has 5 heteroatoms. The summed E-state index contributed by atoms with van der Waals surface area (Å²) in [6.45, 7) is 1.94. The molecule has 1 aliphatic carbocycles. The van der Waals surface area contributed by atoms with E-state index in [-0.39, 0.29) is 12.5 Å². The van der Waals surface area contributed by atoms with E-state index in [4.69, 9.17) is 16.7 Å². The molecule has 0 aromatic heterocycles. The van der Waals surface area contributed by atoms with Gasteiger partial charge in [0.2, 0.25) is 0 Å². The highest BCUT2D eigenvalue weighted by molar-refractivity contribution is 6.31. The number of carbonyl (C=O) groups excluding carboxylic acids is 1. The van der Waals surface area contributed by atoms with Gasteiger partial charge in [-0.15, -0.1) is 0 Å². The van der Waals surface area contributed by atoms with E-state index in [1.54, 1.807) is 25.1 Å². The van der Waals surface area contributed by atoms with Crippen LogP contribution in [-0.2, 0) is 4.79 Å². The van der Waals surface area contributed by atoms with Crippen LogP contribution in [0.4, 0.5) is 0 Å². The van der Waals surface area contributed by atoms with Crippen LogP contribution in [0.15, 0.2) is 18.2 Å². The zero-order chi connectivity index (χ0) is 13.3. The lowest BCUT2D eigenvalue weighted by atomic mass is 10.1. The Hall–Kier alpha value is -1.55. The van der Waals surface area contributed by atoms with Gasteiger partial charge in [-0.05, 0) is 37.5 Å². The molecule has 2 N–H and O–H groups in total. The van der Waals surface area contributed by atoms with Gasteiger partial charge in [-0.1, -0.05) is 17.7 Å². The van der Waals surface area contributed by atoms with Gasteiger partial charge in [-0.3, -0.25) is 9.59 Å². The van der Waals surface area contributed by atoms with Crippen molar-refractivity contribution in [3.63, 3.8) is 0 Å². The van der Waals surface area contributed by atoms with E-state index in [9.17, 15) is 9.59 Å². The Morgan fingerprint density at radius 1 is 1.44 bits per heavy atom. The minimum absolute atomic E-state index is 0.174. The number of hydrogen-bond donors (Lipinski definition) is 2. The molecule has 0 unspecified atom stereocenters. The van der Waals surface area contributed by atoms with Gasteiger partial charge in [-0.2, -0.15) is 0 Å². The average Bonchev–Trinajstić information content (AvgIpc) is 3.11. The molecule has 1 aromatic rings. The molecular weight excluding hydrogens is 254 g/mol. The topological polar surface area (TPSA) is 66.4 Å². The smallest absolute Gasteiger partial charge is 0.311 e. The fourth-order valence-electron chi connectivity index (χ4n) is 1.82. The molecule has 0 saturated heterocycles. The van der Waals surface area contributed by atoms with E-state index < -0.39 is 11.4 Å². The number of hydrogen-bond acceptors (Lipinski definition) is 2. The second-order valence-corrected chi connectivity index (χ2v) is 5.09. The van der Waals surface area contributed by atoms with Crippen molar-refractivity contribution in [2.45, 2.75) is 19.8 Å². The third-order valence-electron chi connectivity index (χ3n) is 3.41. The molecule has 1 saturated carbocycles. The van der Waals surface area contributed by atoms with Crippen LogP contribution in [0.25, 0.3) is 0 Å². The minimum Gasteiger partial charge on any atom is -0.481 e. The molecule has 0 bridgehead atoms. The molecule has 0 atom stereocenters. The molecule has 1 amide bonds. The predicted octanol–water partition coefficient (Wildman–Crippen LogP) is 2.24. The molecule has 0 spiro atoms. The summed E-state index contributed by atoms with van der Waals surface area (Å²) in [5.74, 6) is -1.12. The molecule has 2 rings (SSSR count). The molecule has 18 heavy (non-hydrogen) atoms. The van der Waals surface area contributed by atoms with E-state index in [0.717, 1.165) is 0 Å². The van der Waals surface area contributed by atoms with Crippen LogP contribution >= 0.6 is 11.6 Å². The Morgan fingerprint density at radius 2 is 2.11 bits per heavy atom. The van der Waals surface area contributed by atoms with Gasteiger partial charge in [0.25, 0.3) is 5.91 Å². The molecular formula is C13H14ClNO3. The van der Waals surface area contributed by atoms with Gasteiger partial charge in [0, 0.05) is 17.1 Å². The monoisotopic (exact) mass is 267 g/mol. The van der Waals surface area contributed by atoms with Crippen molar-refractivity contribution in [2.24, 2.45) is 5.41 Å². The second kappa shape index (κ2) is 4.61. The lowest BCUT2D eigenvalue weighted by Crippen LogP contribution is -2.34. The Kier molecular flexibility index (Phi) is 3.30. The summed E-state index contributed by atoms with van der Waals surface area (Å²) in [6.07, 6.45) is 1.24. The first-order valence-corrected chi connectivity index (χ1v) is 6.11. The maximum Gasteiger partial charge on any atom is 0.311 e. The number of benzene rings is 1. The van der Waals surface area contributed by atoms with Crippen molar-refractivity contribution in [3.05, 3.63) is 34.3 Å². The lowest BCUT2D eigenvalue weighted by molar-refractivity contribution is -0.143. The predicted molar refractivity (Wildman–Crippen MR) is 67.8 cm³/mol. The standard InChI is InChI=1S/C13H14ClNO3/c1-8-9(3-2-4-10(8)14)11(16)15-7-13(5-6-13)12(17)18/h2-4H,5-7H2,1H3,(H,15,16)(H,17,18). The van der Waals surface area contributed by atoms with Crippen LogP contribution in [0.3, 0.4) is 0 Å². The number of amides is 1. The van der Waals surface area contributed by atoms with Crippen LogP contribution in [0.2, 0.25) is 5.02 Å². The zero-order valence-corrected chi connectivity index (χ0v) is 10.8. The number of carboxylic acid groups (broad SMARTS) is 1. The van der Waals surface area contributed by atoms with Crippen LogP contribution in [0.1, 0.15) is 28.8 Å². The molecule has 1 aliphatic rings. The fourth-order valence-corrected chi connectivity index (χ4v) is 1.99. The first kappa shape index (κ1) is 12.9. The summed E-state index contributed by atoms with van der Waals surface area (Å²) in [5.41, 5.74) is 0.447. The summed E-state index contributed by atoms with van der Waals surface area (Å²) in [4.78, 5) is 22.9. The van der Waals surface area contributed by atoms with Crippen molar-refractivity contribution >= 4 is 23.5 Å². The molecule has 4 nitrogen and oxygen atoms in total. The number of aliphatic carboxylic acids is 1. The van der Waals surface area contributed by atoms with Gasteiger partial charge >= 0.3 is 5.97 Å². The highest BCUT2D eigenvalue weighted by Gasteiger charge is 2.50. The van der Waals surface area contributed by atoms with Crippen molar-refractivity contribution in [3.8, 4) is 0 Å². The zero-order valence-electron chi connectivity index (χ0n) is 10.00. The largest absolute Gasteiger partial charge is 0.481 e. The van der Waals surface area contributed by atoms with Gasteiger partial charge < -0.3 is 10.4 Å². The summed E-state index contributed by atoms with van der Waals surface area (Å²) in [6, 6.07) is 5.10. The van der Waals surface area contributed by atoms with Gasteiger partial charge in [-0.25, -0.2) is 0 Å². The number of carboxylic acids is 1. The average molecular weight is 268 g/mol. The quantitative estimate of drug-likeness (QED) is 0.879. The molecule has 0 aliphatic heterocycles. The van der Waals surface area contributed by atoms with Crippen molar-refractivity contribution in [2.75, 3.05) is 6.54 Å². The third kappa shape index (κ3) is 2.34. The van der Waals surface area contributed by atoms with Crippen molar-refractivity contribution in [1.82, 2.24) is 5.32 Å². The van der Waals surface area contributed by atoms with Crippen LogP contribution in [0, 0.1) is 12.3 Å². The molecule has 1 fully saturated rings. The number of halogens is 1. The Bertz CT molecular complexity index is 509. The number of rotatable bonds is 4. The molecule has 1 aromatic carbocycles. The molecule has 0 heterocycles. The Labute approximate surface area is 110 Å². The van der Waals surface area contributed by atoms with Crippen molar-refractivity contribution in [1.29, 1.82) is 0 Å². The second-order valence-electron chi connectivity index (χ2n) is 4.68. The highest BCUT2D eigenvalue weighted by atomic mass is 35.5. The summed E-state index contributed by atoms with van der Waals surface area (Å²) in [5, 5.41) is 12.2. The summed E-state index contributed by atoms with van der Waals surface area (Å²) >= 11 is 5.94. The Morgan fingerprint density at radius 3 is 2.67 bits per heavy atom. The van der Waals surface area contributed by atoms with Gasteiger partial charge in [0.05, 0.1) is 5.41 Å². The van der Waals surface area contributed by atoms with Crippen LogP contribution in [-0.4, -0.2) is 23.5 Å². The summed E-state index contributed by atoms with van der Waals surface area (Å²) in [7, 11) is 0. The first-order chi connectivity index (χ1) is 8.46. The van der Waals surface area contributed by atoms with Gasteiger partial charge in [0.15, 0.2) is 0 Å². The van der Waals surface area contributed by atoms with E-state index in [1.807, 2.05) is 0 Å². The van der Waals surface area contributed by atoms with Gasteiger partial charge in [0.1, 0.15) is 0 Å². The maximum atomic E-state index is 12.0. The maximum absolute atomic E-state index is 12.0. The van der Waals surface area contributed by atoms with E-state index >= 15 is 0 Å². The fraction of sp³-hybridized carbons (Fsp3) is 0.385. The SMILES string of the molecule is Cc1c(Cl)cccc1C(=O)NCC1(C(=O)O)CC1. The van der Waals surface area contributed by atoms with Crippen LogP contribution in [0.5, 0.6) is 0 Å². The summed E-state index contributed by atoms with van der Waals surface area (Å²) < 4.78 is 0. The normalized spacial score (nSPS) is 16.1. The Balaban J connectivity index is 2.05. The molecule has 0 radical (unpaired) electrons. The van der Waals surface area contributed by atoms with Crippen LogP contribution < -0.4 is 5.32 Å². The van der Waals surface area contributed by atoms with E-state index in [0.29, 0.717) is 29.0 Å². The van der Waals surface area contributed by atoms with E-state index in [2.05, 4.69) is 5.32 Å².